The molecule has 2 N–H and O–H groups in total. The number of benzene rings is 1. The van der Waals surface area contributed by atoms with Crippen LogP contribution in [0.15, 0.2) is 18.2 Å². The van der Waals surface area contributed by atoms with E-state index in [9.17, 15) is 4.79 Å². The fourth-order valence-electron chi connectivity index (χ4n) is 1.79. The number of halogens is 2. The highest BCUT2D eigenvalue weighted by Crippen LogP contribution is 2.46. The van der Waals surface area contributed by atoms with Crippen molar-refractivity contribution in [1.29, 1.82) is 0 Å². The molecule has 1 aliphatic rings. The van der Waals surface area contributed by atoms with Crippen LogP contribution in [0.3, 0.4) is 0 Å². The average molecular weight is 258 g/mol. The van der Waals surface area contributed by atoms with Crippen molar-refractivity contribution in [2.45, 2.75) is 19.3 Å². The fourth-order valence-corrected chi connectivity index (χ4v) is 2.17. The van der Waals surface area contributed by atoms with Gasteiger partial charge >= 0.3 is 0 Å². The number of rotatable bonds is 4. The van der Waals surface area contributed by atoms with Gasteiger partial charge in [0.15, 0.2) is 0 Å². The van der Waals surface area contributed by atoms with E-state index in [1.807, 2.05) is 0 Å². The minimum Gasteiger partial charge on any atom is -0.329 e. The van der Waals surface area contributed by atoms with Crippen LogP contribution in [-0.2, 0) is 11.2 Å². The van der Waals surface area contributed by atoms with Gasteiger partial charge in [-0.2, -0.15) is 0 Å². The molecule has 0 spiro atoms. The van der Waals surface area contributed by atoms with Crippen LogP contribution in [0, 0.1) is 5.41 Å². The van der Waals surface area contributed by atoms with Crippen molar-refractivity contribution >= 4 is 29.0 Å². The molecular weight excluding hydrogens is 245 g/mol. The summed E-state index contributed by atoms with van der Waals surface area (Å²) in [6.07, 6.45) is 2.14. The zero-order valence-corrected chi connectivity index (χ0v) is 10.3. The van der Waals surface area contributed by atoms with Crippen molar-refractivity contribution in [2.75, 3.05) is 6.54 Å². The van der Waals surface area contributed by atoms with Crippen molar-refractivity contribution < 1.29 is 4.79 Å². The lowest BCUT2D eigenvalue weighted by molar-refractivity contribution is -0.123. The van der Waals surface area contributed by atoms with Gasteiger partial charge in [0.05, 0.1) is 0 Å². The van der Waals surface area contributed by atoms with Crippen molar-refractivity contribution in [1.82, 2.24) is 0 Å². The van der Waals surface area contributed by atoms with Crippen LogP contribution >= 0.6 is 23.2 Å². The molecule has 0 aromatic heterocycles. The van der Waals surface area contributed by atoms with E-state index in [0.717, 1.165) is 18.4 Å². The van der Waals surface area contributed by atoms with E-state index in [1.165, 1.54) is 0 Å². The van der Waals surface area contributed by atoms with Gasteiger partial charge in [0, 0.05) is 28.4 Å². The van der Waals surface area contributed by atoms with Crippen LogP contribution in [0.2, 0.25) is 10.0 Å². The summed E-state index contributed by atoms with van der Waals surface area (Å²) in [6, 6.07) is 5.18. The summed E-state index contributed by atoms with van der Waals surface area (Å²) < 4.78 is 0. The van der Waals surface area contributed by atoms with Crippen LogP contribution < -0.4 is 5.73 Å². The molecule has 1 aromatic rings. The Labute approximate surface area is 105 Å². The van der Waals surface area contributed by atoms with Gasteiger partial charge in [0.25, 0.3) is 0 Å². The molecule has 0 unspecified atom stereocenters. The largest absolute Gasteiger partial charge is 0.329 e. The Bertz CT molecular complexity index is 427. The highest BCUT2D eigenvalue weighted by molar-refractivity contribution is 6.33. The molecule has 0 atom stereocenters. The number of hydrogen-bond acceptors (Lipinski definition) is 2. The van der Waals surface area contributed by atoms with Gasteiger partial charge in [-0.05, 0) is 36.6 Å². The van der Waals surface area contributed by atoms with Gasteiger partial charge in [-0.15, -0.1) is 0 Å². The molecule has 1 aromatic carbocycles. The predicted molar refractivity (Wildman–Crippen MR) is 65.9 cm³/mol. The van der Waals surface area contributed by atoms with Crippen molar-refractivity contribution in [3.8, 4) is 0 Å². The first kappa shape index (κ1) is 11.9. The van der Waals surface area contributed by atoms with E-state index < -0.39 is 0 Å². The maximum atomic E-state index is 12.0. The van der Waals surface area contributed by atoms with Crippen LogP contribution in [0.1, 0.15) is 18.4 Å². The Balaban J connectivity index is 2.15. The second-order valence-corrected chi connectivity index (χ2v) is 5.16. The van der Waals surface area contributed by atoms with Crippen molar-refractivity contribution in [3.63, 3.8) is 0 Å². The number of ketones is 1. The Morgan fingerprint density at radius 3 is 2.62 bits per heavy atom. The molecule has 1 saturated carbocycles. The minimum absolute atomic E-state index is 0.180. The Morgan fingerprint density at radius 2 is 2.06 bits per heavy atom. The third kappa shape index (κ3) is 2.24. The summed E-state index contributed by atoms with van der Waals surface area (Å²) in [5.74, 6) is 0.180. The molecule has 1 fully saturated rings. The van der Waals surface area contributed by atoms with E-state index in [2.05, 4.69) is 0 Å². The maximum Gasteiger partial charge on any atom is 0.144 e. The Kier molecular flexibility index (Phi) is 3.24. The van der Waals surface area contributed by atoms with E-state index in [4.69, 9.17) is 28.9 Å². The summed E-state index contributed by atoms with van der Waals surface area (Å²) in [5, 5.41) is 1.19. The molecule has 0 saturated heterocycles. The molecule has 0 amide bonds. The van der Waals surface area contributed by atoms with Crippen molar-refractivity contribution in [2.24, 2.45) is 11.1 Å². The minimum atomic E-state index is -0.272. The number of hydrogen-bond donors (Lipinski definition) is 1. The van der Waals surface area contributed by atoms with Crippen LogP contribution in [0.5, 0.6) is 0 Å². The molecule has 0 aliphatic heterocycles. The second-order valence-electron chi connectivity index (χ2n) is 4.32. The topological polar surface area (TPSA) is 43.1 Å². The van der Waals surface area contributed by atoms with Gasteiger partial charge in [0.1, 0.15) is 5.78 Å². The third-order valence-corrected chi connectivity index (χ3v) is 3.80. The highest BCUT2D eigenvalue weighted by atomic mass is 35.5. The first-order chi connectivity index (χ1) is 7.57. The fraction of sp³-hybridized carbons (Fsp3) is 0.417. The molecule has 2 rings (SSSR count). The number of Topliss-reactive ketones (excluding diaryl/α,β-unsaturated/α-hetero) is 1. The van der Waals surface area contributed by atoms with E-state index in [0.29, 0.717) is 23.0 Å². The molecule has 86 valence electrons. The zero-order chi connectivity index (χ0) is 11.8. The smallest absolute Gasteiger partial charge is 0.144 e. The number of nitrogens with two attached hydrogens (primary N) is 1. The van der Waals surface area contributed by atoms with Gasteiger partial charge in [-0.3, -0.25) is 4.79 Å². The average Bonchev–Trinajstić information content (AvgIpc) is 3.04. The Morgan fingerprint density at radius 1 is 1.38 bits per heavy atom. The molecular formula is C12H13Cl2NO. The van der Waals surface area contributed by atoms with E-state index in [1.54, 1.807) is 18.2 Å². The van der Waals surface area contributed by atoms with Gasteiger partial charge in [-0.25, -0.2) is 0 Å². The summed E-state index contributed by atoms with van der Waals surface area (Å²) in [6.45, 7) is 0.435. The van der Waals surface area contributed by atoms with Gasteiger partial charge in [0.2, 0.25) is 0 Å². The standard InChI is InChI=1S/C12H13Cl2NO/c13-9-1-2-10(14)8(5-9)6-11(16)12(7-15)3-4-12/h1-2,5H,3-4,6-7,15H2. The van der Waals surface area contributed by atoms with Crippen LogP contribution in [0.4, 0.5) is 0 Å². The molecule has 2 nitrogen and oxygen atoms in total. The van der Waals surface area contributed by atoms with Crippen LogP contribution in [-0.4, -0.2) is 12.3 Å². The lowest BCUT2D eigenvalue weighted by atomic mass is 9.95. The normalized spacial score (nSPS) is 17.2. The van der Waals surface area contributed by atoms with E-state index >= 15 is 0 Å². The van der Waals surface area contributed by atoms with Crippen molar-refractivity contribution in [3.05, 3.63) is 33.8 Å². The summed E-state index contributed by atoms with van der Waals surface area (Å²) in [5.41, 5.74) is 6.13. The summed E-state index contributed by atoms with van der Waals surface area (Å²) in [7, 11) is 0. The maximum absolute atomic E-state index is 12.0. The third-order valence-electron chi connectivity index (χ3n) is 3.19. The molecule has 0 bridgehead atoms. The van der Waals surface area contributed by atoms with Gasteiger partial charge in [-0.1, -0.05) is 23.2 Å². The monoisotopic (exact) mass is 257 g/mol. The first-order valence-corrected chi connectivity index (χ1v) is 6.00. The SMILES string of the molecule is NCC1(C(=O)Cc2cc(Cl)ccc2Cl)CC1. The van der Waals surface area contributed by atoms with E-state index in [-0.39, 0.29) is 11.2 Å². The summed E-state index contributed by atoms with van der Waals surface area (Å²) in [4.78, 5) is 12.0. The predicted octanol–water partition coefficient (Wildman–Crippen LogP) is 2.84. The lowest BCUT2D eigenvalue weighted by Gasteiger charge is -2.11. The molecule has 16 heavy (non-hydrogen) atoms. The van der Waals surface area contributed by atoms with Gasteiger partial charge < -0.3 is 5.73 Å². The highest BCUT2D eigenvalue weighted by Gasteiger charge is 2.47. The number of carbonyl (C=O) groups excluding carboxylic acids is 1. The summed E-state index contributed by atoms with van der Waals surface area (Å²) >= 11 is 11.9. The molecule has 0 heterocycles. The first-order valence-electron chi connectivity index (χ1n) is 5.25. The molecule has 4 heteroatoms. The zero-order valence-electron chi connectivity index (χ0n) is 8.80. The second kappa shape index (κ2) is 4.36. The lowest BCUT2D eigenvalue weighted by Crippen LogP contribution is -2.26. The Hall–Kier alpha value is -0.570. The molecule has 1 aliphatic carbocycles. The molecule has 0 radical (unpaired) electrons. The van der Waals surface area contributed by atoms with Crippen LogP contribution in [0.25, 0.3) is 0 Å². The number of carbonyl (C=O) groups is 1. The quantitative estimate of drug-likeness (QED) is 0.902.